The number of hydrogen-bond donors (Lipinski definition) is 1. The lowest BCUT2D eigenvalue weighted by atomic mass is 10.1. The maximum Gasteiger partial charge on any atom is 0.230 e. The van der Waals surface area contributed by atoms with Crippen molar-refractivity contribution in [3.05, 3.63) is 36.2 Å². The predicted molar refractivity (Wildman–Crippen MR) is 89.4 cm³/mol. The summed E-state index contributed by atoms with van der Waals surface area (Å²) in [6.07, 6.45) is 4.73. The summed E-state index contributed by atoms with van der Waals surface area (Å²) < 4.78 is 1.95. The smallest absolute Gasteiger partial charge is 0.230 e. The lowest BCUT2D eigenvalue weighted by molar-refractivity contribution is -0.118. The standard InChI is InChI=1S/C16H22N4OS/c1-3-5-10-17-15(21)11-22-16-19-18-12-20(16)14-9-7-6-8-13(14)4-2/h6-9,12H,3-5,10-11H2,1-2H3,(H,17,21). The third kappa shape index (κ3) is 4.34. The summed E-state index contributed by atoms with van der Waals surface area (Å²) in [6, 6.07) is 8.18. The van der Waals surface area contributed by atoms with Crippen molar-refractivity contribution < 1.29 is 4.79 Å². The van der Waals surface area contributed by atoms with E-state index in [1.165, 1.54) is 17.3 Å². The quantitative estimate of drug-likeness (QED) is 0.600. The molecule has 0 unspecified atom stereocenters. The average Bonchev–Trinajstić information content (AvgIpc) is 3.01. The van der Waals surface area contributed by atoms with Crippen LogP contribution in [0.5, 0.6) is 0 Å². The van der Waals surface area contributed by atoms with Crippen molar-refractivity contribution in [3.8, 4) is 5.69 Å². The molecule has 1 aromatic heterocycles. The Morgan fingerprint density at radius 1 is 1.32 bits per heavy atom. The van der Waals surface area contributed by atoms with Crippen molar-refractivity contribution in [1.82, 2.24) is 20.1 Å². The van der Waals surface area contributed by atoms with E-state index >= 15 is 0 Å². The van der Waals surface area contributed by atoms with Crippen LogP contribution in [0.4, 0.5) is 0 Å². The van der Waals surface area contributed by atoms with Gasteiger partial charge in [0.1, 0.15) is 6.33 Å². The average molecular weight is 318 g/mol. The topological polar surface area (TPSA) is 59.8 Å². The number of aryl methyl sites for hydroxylation is 1. The molecule has 0 fully saturated rings. The zero-order valence-electron chi connectivity index (χ0n) is 13.1. The van der Waals surface area contributed by atoms with E-state index in [2.05, 4.69) is 35.4 Å². The number of carbonyl (C=O) groups excluding carboxylic acids is 1. The van der Waals surface area contributed by atoms with Gasteiger partial charge in [0.25, 0.3) is 0 Å². The van der Waals surface area contributed by atoms with E-state index in [1.807, 2.05) is 22.8 Å². The van der Waals surface area contributed by atoms with E-state index in [1.54, 1.807) is 6.33 Å². The number of benzene rings is 1. The van der Waals surface area contributed by atoms with Gasteiger partial charge in [-0.15, -0.1) is 10.2 Å². The molecule has 0 spiro atoms. The minimum absolute atomic E-state index is 0.0387. The fourth-order valence-corrected chi connectivity index (χ4v) is 2.87. The number of carbonyl (C=O) groups is 1. The summed E-state index contributed by atoms with van der Waals surface area (Å²) in [5.74, 6) is 0.397. The molecule has 0 saturated carbocycles. The first-order valence-corrected chi connectivity index (χ1v) is 8.62. The van der Waals surface area contributed by atoms with Gasteiger partial charge in [-0.2, -0.15) is 0 Å². The highest BCUT2D eigenvalue weighted by Gasteiger charge is 2.11. The number of hydrogen-bond acceptors (Lipinski definition) is 4. The van der Waals surface area contributed by atoms with E-state index < -0.39 is 0 Å². The Morgan fingerprint density at radius 3 is 2.91 bits per heavy atom. The van der Waals surface area contributed by atoms with Crippen LogP contribution in [0, 0.1) is 0 Å². The van der Waals surface area contributed by atoms with Crippen LogP contribution >= 0.6 is 11.8 Å². The zero-order valence-corrected chi connectivity index (χ0v) is 13.9. The molecule has 1 aromatic carbocycles. The molecule has 2 aromatic rings. The van der Waals surface area contributed by atoms with Crippen molar-refractivity contribution in [2.24, 2.45) is 0 Å². The predicted octanol–water partition coefficient (Wildman–Crippen LogP) is 2.84. The molecule has 0 aliphatic rings. The van der Waals surface area contributed by atoms with Gasteiger partial charge in [-0.25, -0.2) is 0 Å². The van der Waals surface area contributed by atoms with Gasteiger partial charge in [0.05, 0.1) is 11.4 Å². The number of amides is 1. The maximum absolute atomic E-state index is 11.8. The molecule has 6 heteroatoms. The van der Waals surface area contributed by atoms with E-state index in [0.717, 1.165) is 36.7 Å². The van der Waals surface area contributed by atoms with E-state index in [4.69, 9.17) is 0 Å². The van der Waals surface area contributed by atoms with Gasteiger partial charge in [0.15, 0.2) is 5.16 Å². The number of unbranched alkanes of at least 4 members (excludes halogenated alkanes) is 1. The molecule has 1 N–H and O–H groups in total. The first-order valence-electron chi connectivity index (χ1n) is 7.64. The maximum atomic E-state index is 11.8. The first kappa shape index (κ1) is 16.5. The van der Waals surface area contributed by atoms with Crippen LogP contribution in [0.15, 0.2) is 35.7 Å². The molecule has 2 rings (SSSR count). The molecule has 0 atom stereocenters. The normalized spacial score (nSPS) is 10.6. The van der Waals surface area contributed by atoms with Crippen LogP contribution in [0.3, 0.4) is 0 Å². The molecule has 0 bridgehead atoms. The zero-order chi connectivity index (χ0) is 15.8. The summed E-state index contributed by atoms with van der Waals surface area (Å²) in [5, 5.41) is 11.8. The lowest BCUT2D eigenvalue weighted by Crippen LogP contribution is -2.26. The SMILES string of the molecule is CCCCNC(=O)CSc1nncn1-c1ccccc1CC. The molecular formula is C16H22N4OS. The molecule has 0 radical (unpaired) electrons. The summed E-state index contributed by atoms with van der Waals surface area (Å²) in [7, 11) is 0. The van der Waals surface area contributed by atoms with Gasteiger partial charge in [-0.3, -0.25) is 9.36 Å². The second-order valence-electron chi connectivity index (χ2n) is 4.96. The van der Waals surface area contributed by atoms with Gasteiger partial charge < -0.3 is 5.32 Å². The van der Waals surface area contributed by atoms with Gasteiger partial charge in [0.2, 0.25) is 5.91 Å². The lowest BCUT2D eigenvalue weighted by Gasteiger charge is -2.10. The number of para-hydroxylation sites is 1. The summed E-state index contributed by atoms with van der Waals surface area (Å²) >= 11 is 1.41. The third-order valence-electron chi connectivity index (χ3n) is 3.33. The molecule has 5 nitrogen and oxygen atoms in total. The number of thioether (sulfide) groups is 1. The Labute approximate surface area is 135 Å². The highest BCUT2D eigenvalue weighted by molar-refractivity contribution is 7.99. The fraction of sp³-hybridized carbons (Fsp3) is 0.438. The molecule has 22 heavy (non-hydrogen) atoms. The molecule has 1 heterocycles. The highest BCUT2D eigenvalue weighted by atomic mass is 32.2. The molecule has 0 aliphatic heterocycles. The van der Waals surface area contributed by atoms with Gasteiger partial charge in [-0.05, 0) is 24.5 Å². The number of nitrogens with one attached hydrogen (secondary N) is 1. The van der Waals surface area contributed by atoms with Crippen LogP contribution in [0.25, 0.3) is 5.69 Å². The molecule has 0 aliphatic carbocycles. The third-order valence-corrected chi connectivity index (χ3v) is 4.28. The Kier molecular flexibility index (Phi) is 6.45. The summed E-state index contributed by atoms with van der Waals surface area (Å²) in [6.45, 7) is 4.97. The Morgan fingerprint density at radius 2 is 2.14 bits per heavy atom. The second-order valence-corrected chi connectivity index (χ2v) is 5.90. The van der Waals surface area contributed by atoms with Crippen molar-refractivity contribution in [2.75, 3.05) is 12.3 Å². The van der Waals surface area contributed by atoms with Crippen LogP contribution in [-0.4, -0.2) is 33.0 Å². The Bertz CT molecular complexity index is 612. The van der Waals surface area contributed by atoms with Crippen LogP contribution < -0.4 is 5.32 Å². The summed E-state index contributed by atoms with van der Waals surface area (Å²) in [4.78, 5) is 11.8. The monoisotopic (exact) mass is 318 g/mol. The second kappa shape index (κ2) is 8.58. The minimum atomic E-state index is 0.0387. The van der Waals surface area contributed by atoms with E-state index in [9.17, 15) is 4.79 Å². The first-order chi connectivity index (χ1) is 10.8. The van der Waals surface area contributed by atoms with Crippen molar-refractivity contribution in [1.29, 1.82) is 0 Å². The number of rotatable bonds is 8. The molecule has 118 valence electrons. The molecular weight excluding hydrogens is 296 g/mol. The number of nitrogens with zero attached hydrogens (tertiary/aromatic N) is 3. The number of aromatic nitrogens is 3. The van der Waals surface area contributed by atoms with Crippen LogP contribution in [0.2, 0.25) is 0 Å². The van der Waals surface area contributed by atoms with Crippen LogP contribution in [0.1, 0.15) is 32.3 Å². The van der Waals surface area contributed by atoms with Gasteiger partial charge in [0, 0.05) is 6.54 Å². The molecule has 0 saturated heterocycles. The molecule has 1 amide bonds. The van der Waals surface area contributed by atoms with E-state index in [-0.39, 0.29) is 5.91 Å². The Balaban J connectivity index is 2.02. The van der Waals surface area contributed by atoms with E-state index in [0.29, 0.717) is 5.75 Å². The van der Waals surface area contributed by atoms with Crippen molar-refractivity contribution in [3.63, 3.8) is 0 Å². The highest BCUT2D eigenvalue weighted by Crippen LogP contribution is 2.22. The largest absolute Gasteiger partial charge is 0.355 e. The van der Waals surface area contributed by atoms with Crippen molar-refractivity contribution >= 4 is 17.7 Å². The Hall–Kier alpha value is -1.82. The van der Waals surface area contributed by atoms with Gasteiger partial charge in [-0.1, -0.05) is 50.2 Å². The summed E-state index contributed by atoms with van der Waals surface area (Å²) in [5.41, 5.74) is 2.31. The van der Waals surface area contributed by atoms with Crippen molar-refractivity contribution in [2.45, 2.75) is 38.3 Å². The van der Waals surface area contributed by atoms with Gasteiger partial charge >= 0.3 is 0 Å². The fourth-order valence-electron chi connectivity index (χ4n) is 2.12. The van der Waals surface area contributed by atoms with Crippen LogP contribution in [-0.2, 0) is 11.2 Å². The minimum Gasteiger partial charge on any atom is -0.355 e.